The highest BCUT2D eigenvalue weighted by Gasteiger charge is 2.21. The van der Waals surface area contributed by atoms with Crippen molar-refractivity contribution in [2.24, 2.45) is 7.05 Å². The Kier molecular flexibility index (Phi) is 4.10. The summed E-state index contributed by atoms with van der Waals surface area (Å²) in [5, 5.41) is 6.19. The highest BCUT2D eigenvalue weighted by atomic mass is 32.2. The van der Waals surface area contributed by atoms with E-state index < -0.39 is 10.0 Å². The van der Waals surface area contributed by atoms with E-state index in [1.54, 1.807) is 33.8 Å². The molecular formula is C13H15N5O2S2. The maximum Gasteiger partial charge on any atom is 0.259 e. The van der Waals surface area contributed by atoms with Crippen molar-refractivity contribution in [3.63, 3.8) is 0 Å². The van der Waals surface area contributed by atoms with E-state index in [-0.39, 0.29) is 17.6 Å². The van der Waals surface area contributed by atoms with Gasteiger partial charge in [0.15, 0.2) is 5.03 Å². The molecule has 0 spiro atoms. The van der Waals surface area contributed by atoms with Crippen LogP contribution in [0.3, 0.4) is 0 Å². The molecule has 7 nitrogen and oxygen atoms in total. The van der Waals surface area contributed by atoms with Gasteiger partial charge in [-0.15, -0.1) is 11.3 Å². The summed E-state index contributed by atoms with van der Waals surface area (Å²) >= 11 is 1.56. The molecule has 0 fully saturated rings. The second-order valence-electron chi connectivity index (χ2n) is 4.75. The first-order valence-electron chi connectivity index (χ1n) is 6.56. The second-order valence-corrected chi connectivity index (χ2v) is 7.44. The number of aromatic nitrogens is 4. The topological polar surface area (TPSA) is 81.8 Å². The van der Waals surface area contributed by atoms with E-state index in [0.29, 0.717) is 0 Å². The van der Waals surface area contributed by atoms with Crippen LogP contribution in [0.25, 0.3) is 0 Å². The molecule has 0 aliphatic carbocycles. The molecule has 3 rings (SSSR count). The minimum absolute atomic E-state index is 0.0143. The van der Waals surface area contributed by atoms with Gasteiger partial charge in [0.25, 0.3) is 10.0 Å². The normalized spacial score (nSPS) is 13.3. The van der Waals surface area contributed by atoms with Crippen molar-refractivity contribution in [1.29, 1.82) is 0 Å². The molecule has 1 N–H and O–H groups in total. The first-order valence-corrected chi connectivity index (χ1v) is 8.93. The Morgan fingerprint density at radius 3 is 2.86 bits per heavy atom. The third-order valence-electron chi connectivity index (χ3n) is 3.14. The molecule has 0 saturated heterocycles. The number of nitrogens with one attached hydrogen (secondary N) is 1. The molecule has 116 valence electrons. The van der Waals surface area contributed by atoms with Gasteiger partial charge < -0.3 is 4.57 Å². The summed E-state index contributed by atoms with van der Waals surface area (Å²) in [5.41, 5.74) is 0. The molecule has 0 radical (unpaired) electrons. The van der Waals surface area contributed by atoms with Crippen molar-refractivity contribution >= 4 is 21.4 Å². The Morgan fingerprint density at radius 1 is 1.41 bits per heavy atom. The van der Waals surface area contributed by atoms with Gasteiger partial charge in [-0.2, -0.15) is 5.10 Å². The van der Waals surface area contributed by atoms with Crippen LogP contribution in [0.2, 0.25) is 0 Å². The molecule has 0 aromatic carbocycles. The van der Waals surface area contributed by atoms with Gasteiger partial charge >= 0.3 is 0 Å². The van der Waals surface area contributed by atoms with E-state index in [0.717, 1.165) is 4.88 Å². The van der Waals surface area contributed by atoms with Gasteiger partial charge in [0, 0.05) is 37.1 Å². The van der Waals surface area contributed by atoms with Crippen LogP contribution in [0.5, 0.6) is 0 Å². The number of sulfonamides is 1. The molecule has 0 amide bonds. The van der Waals surface area contributed by atoms with E-state index in [1.807, 2.05) is 29.8 Å². The van der Waals surface area contributed by atoms with Gasteiger partial charge in [0.2, 0.25) is 0 Å². The molecule has 1 atom stereocenters. The fourth-order valence-corrected chi connectivity index (χ4v) is 3.90. The zero-order valence-corrected chi connectivity index (χ0v) is 13.5. The van der Waals surface area contributed by atoms with Crippen LogP contribution in [0, 0.1) is 0 Å². The maximum absolute atomic E-state index is 12.3. The number of hydrogen-bond donors (Lipinski definition) is 1. The van der Waals surface area contributed by atoms with Crippen molar-refractivity contribution in [1.82, 2.24) is 24.1 Å². The van der Waals surface area contributed by atoms with Gasteiger partial charge in [-0.05, 0) is 17.5 Å². The van der Waals surface area contributed by atoms with E-state index in [1.165, 1.54) is 12.5 Å². The Morgan fingerprint density at radius 2 is 2.27 bits per heavy atom. The average Bonchev–Trinajstić information content (AvgIpc) is 3.20. The Labute approximate surface area is 132 Å². The average molecular weight is 337 g/mol. The number of aryl methyl sites for hydroxylation is 1. The number of hydrogen-bond acceptors (Lipinski definition) is 5. The lowest BCUT2D eigenvalue weighted by Crippen LogP contribution is -2.31. The molecule has 0 bridgehead atoms. The Balaban J connectivity index is 1.80. The van der Waals surface area contributed by atoms with Crippen LogP contribution in [-0.2, 0) is 17.1 Å². The van der Waals surface area contributed by atoms with Crippen molar-refractivity contribution in [3.8, 4) is 0 Å². The largest absolute Gasteiger partial charge is 0.339 e. The van der Waals surface area contributed by atoms with Crippen LogP contribution in [0.15, 0.2) is 53.5 Å². The summed E-state index contributed by atoms with van der Waals surface area (Å²) in [6, 6.07) is 5.53. The van der Waals surface area contributed by atoms with Crippen molar-refractivity contribution in [2.75, 3.05) is 6.54 Å². The van der Waals surface area contributed by atoms with Gasteiger partial charge in [-0.25, -0.2) is 18.1 Å². The summed E-state index contributed by atoms with van der Waals surface area (Å²) in [7, 11) is -1.91. The maximum atomic E-state index is 12.3. The second kappa shape index (κ2) is 6.03. The van der Waals surface area contributed by atoms with E-state index in [9.17, 15) is 8.42 Å². The molecule has 3 aromatic heterocycles. The number of thiophene rings is 1. The van der Waals surface area contributed by atoms with Gasteiger partial charge in [0.05, 0.1) is 12.4 Å². The molecule has 0 saturated carbocycles. The summed E-state index contributed by atoms with van der Waals surface area (Å²) in [6.07, 6.45) is 6.42. The van der Waals surface area contributed by atoms with Crippen molar-refractivity contribution < 1.29 is 8.42 Å². The summed E-state index contributed by atoms with van der Waals surface area (Å²) < 4.78 is 30.5. The molecular weight excluding hydrogens is 322 g/mol. The number of rotatable bonds is 6. The van der Waals surface area contributed by atoms with E-state index in [2.05, 4.69) is 14.8 Å². The predicted molar refractivity (Wildman–Crippen MR) is 83.1 cm³/mol. The molecule has 1 unspecified atom stereocenters. The zero-order chi connectivity index (χ0) is 15.6. The first kappa shape index (κ1) is 14.9. The molecule has 22 heavy (non-hydrogen) atoms. The van der Waals surface area contributed by atoms with Gasteiger partial charge in [-0.3, -0.25) is 4.68 Å². The van der Waals surface area contributed by atoms with Crippen LogP contribution in [0.1, 0.15) is 10.9 Å². The van der Waals surface area contributed by atoms with Crippen molar-refractivity contribution in [3.05, 3.63) is 53.4 Å². The molecule has 3 aromatic rings. The van der Waals surface area contributed by atoms with E-state index >= 15 is 0 Å². The van der Waals surface area contributed by atoms with Gasteiger partial charge in [-0.1, -0.05) is 6.07 Å². The van der Waals surface area contributed by atoms with Gasteiger partial charge in [0.1, 0.15) is 0 Å². The molecule has 9 heteroatoms. The minimum Gasteiger partial charge on any atom is -0.339 e. The minimum atomic E-state index is -3.64. The number of nitrogens with zero attached hydrogens (tertiary/aromatic N) is 4. The summed E-state index contributed by atoms with van der Waals surface area (Å²) in [4.78, 5) is 4.92. The highest BCUT2D eigenvalue weighted by Crippen LogP contribution is 2.22. The number of imidazole rings is 1. The van der Waals surface area contributed by atoms with Crippen LogP contribution in [0.4, 0.5) is 0 Å². The van der Waals surface area contributed by atoms with Crippen molar-refractivity contribution in [2.45, 2.75) is 11.1 Å². The zero-order valence-electron chi connectivity index (χ0n) is 11.8. The van der Waals surface area contributed by atoms with Crippen LogP contribution >= 0.6 is 11.3 Å². The third-order valence-corrected chi connectivity index (χ3v) is 5.42. The smallest absolute Gasteiger partial charge is 0.259 e. The Hall–Kier alpha value is -1.97. The Bertz CT molecular complexity index is 788. The lowest BCUT2D eigenvalue weighted by atomic mass is 10.2. The standard InChI is InChI=1S/C13H15N5O2S2/c1-17-9-13(14-10-17)22(19,20)16-8-11(12-4-2-7-21-12)18-6-3-5-15-18/h2-7,9-11,16H,8H2,1H3. The lowest BCUT2D eigenvalue weighted by Gasteiger charge is -2.16. The quantitative estimate of drug-likeness (QED) is 0.734. The SMILES string of the molecule is Cn1cnc(S(=O)(=O)NCC(c2cccs2)n2cccn2)c1. The molecule has 3 heterocycles. The summed E-state index contributed by atoms with van der Waals surface area (Å²) in [6.45, 7) is 0.209. The monoisotopic (exact) mass is 337 g/mol. The molecule has 0 aliphatic heterocycles. The highest BCUT2D eigenvalue weighted by molar-refractivity contribution is 7.89. The third kappa shape index (κ3) is 3.11. The summed E-state index contributed by atoms with van der Waals surface area (Å²) in [5.74, 6) is 0. The van der Waals surface area contributed by atoms with Crippen LogP contribution in [-0.4, -0.2) is 34.3 Å². The van der Waals surface area contributed by atoms with Crippen LogP contribution < -0.4 is 4.72 Å². The lowest BCUT2D eigenvalue weighted by molar-refractivity contribution is 0.510. The fraction of sp³-hybridized carbons (Fsp3) is 0.231. The van der Waals surface area contributed by atoms with E-state index in [4.69, 9.17) is 0 Å². The fourth-order valence-electron chi connectivity index (χ4n) is 2.06. The molecule has 0 aliphatic rings. The predicted octanol–water partition coefficient (Wildman–Crippen LogP) is 1.25. The first-order chi connectivity index (χ1) is 10.6.